The van der Waals surface area contributed by atoms with Crippen LogP contribution in [0.3, 0.4) is 0 Å². The third kappa shape index (κ3) is 6.25. The van der Waals surface area contributed by atoms with Crippen LogP contribution >= 0.6 is 11.8 Å². The SMILES string of the molecule is O=C1SC(Cc2ccc(OCCOC3CCCCO3)cc2)C(=O)N1C(c1ccccc1)(c1ccccc1)c1ccccc1. The zero-order valence-corrected chi connectivity index (χ0v) is 24.8. The predicted molar refractivity (Wildman–Crippen MR) is 168 cm³/mol. The van der Waals surface area contributed by atoms with Gasteiger partial charge in [0.15, 0.2) is 6.29 Å². The molecule has 0 N–H and O–H groups in total. The van der Waals surface area contributed by atoms with Gasteiger partial charge in [-0.15, -0.1) is 0 Å². The summed E-state index contributed by atoms with van der Waals surface area (Å²) in [5.41, 5.74) is 2.43. The molecule has 0 aliphatic carbocycles. The number of benzene rings is 4. The van der Waals surface area contributed by atoms with Crippen LogP contribution in [0.5, 0.6) is 5.75 Å². The summed E-state index contributed by atoms with van der Waals surface area (Å²) in [6, 6.07) is 37.2. The molecule has 2 atom stereocenters. The Hall–Kier alpha value is -3.91. The van der Waals surface area contributed by atoms with Gasteiger partial charge in [0.1, 0.15) is 17.9 Å². The maximum atomic E-state index is 14.3. The van der Waals surface area contributed by atoms with Crippen LogP contribution in [-0.2, 0) is 26.2 Å². The molecule has 2 saturated heterocycles. The standard InChI is InChI=1S/C36H35NO5S/c38-34-32(26-27-19-21-31(22-20-27)40-24-25-42-33-18-10-11-23-41-33)43-35(39)37(34)36(28-12-4-1-5-13-28,29-14-6-2-7-15-29)30-16-8-3-9-17-30/h1-9,12-17,19-22,32-33H,10-11,18,23-26H2. The van der Waals surface area contributed by atoms with Gasteiger partial charge in [0.25, 0.3) is 5.24 Å². The molecule has 2 heterocycles. The Morgan fingerprint density at radius 2 is 1.33 bits per heavy atom. The van der Waals surface area contributed by atoms with Crippen molar-refractivity contribution in [1.82, 2.24) is 4.90 Å². The molecule has 0 aromatic heterocycles. The third-order valence-corrected chi connectivity index (χ3v) is 9.01. The van der Waals surface area contributed by atoms with Crippen molar-refractivity contribution < 1.29 is 23.8 Å². The maximum absolute atomic E-state index is 14.3. The smallest absolute Gasteiger partial charge is 0.290 e. The van der Waals surface area contributed by atoms with Crippen molar-refractivity contribution >= 4 is 22.9 Å². The summed E-state index contributed by atoms with van der Waals surface area (Å²) in [4.78, 5) is 29.7. The minimum Gasteiger partial charge on any atom is -0.491 e. The number of ether oxygens (including phenoxy) is 3. The molecule has 0 radical (unpaired) electrons. The Balaban J connectivity index is 1.21. The maximum Gasteiger partial charge on any atom is 0.290 e. The Morgan fingerprint density at radius 1 is 0.744 bits per heavy atom. The average molecular weight is 594 g/mol. The van der Waals surface area contributed by atoms with Crippen molar-refractivity contribution in [1.29, 1.82) is 0 Å². The fourth-order valence-corrected chi connectivity index (χ4v) is 6.99. The van der Waals surface area contributed by atoms with E-state index >= 15 is 0 Å². The molecule has 7 heteroatoms. The predicted octanol–water partition coefficient (Wildman–Crippen LogP) is 7.21. The van der Waals surface area contributed by atoms with Gasteiger partial charge in [0.05, 0.1) is 11.9 Å². The molecular weight excluding hydrogens is 558 g/mol. The number of carbonyl (C=O) groups excluding carboxylic acids is 2. The fourth-order valence-electron chi connectivity index (χ4n) is 5.93. The van der Waals surface area contributed by atoms with E-state index in [0.717, 1.165) is 65.6 Å². The monoisotopic (exact) mass is 593 g/mol. The van der Waals surface area contributed by atoms with Crippen LogP contribution in [0.25, 0.3) is 0 Å². The first-order chi connectivity index (χ1) is 21.2. The molecule has 6 rings (SSSR count). The lowest BCUT2D eigenvalue weighted by molar-refractivity contribution is -0.165. The van der Waals surface area contributed by atoms with Crippen LogP contribution in [0.2, 0.25) is 0 Å². The molecule has 0 saturated carbocycles. The number of amides is 2. The largest absolute Gasteiger partial charge is 0.491 e. The molecule has 0 spiro atoms. The molecular formula is C36H35NO5S. The van der Waals surface area contributed by atoms with Crippen LogP contribution in [0.1, 0.15) is 41.5 Å². The molecule has 2 unspecified atom stereocenters. The van der Waals surface area contributed by atoms with E-state index in [1.807, 2.05) is 115 Å². The van der Waals surface area contributed by atoms with E-state index in [-0.39, 0.29) is 17.4 Å². The molecule has 4 aromatic carbocycles. The van der Waals surface area contributed by atoms with Crippen LogP contribution < -0.4 is 4.74 Å². The number of thioether (sulfide) groups is 1. The normalized spacial score (nSPS) is 19.0. The van der Waals surface area contributed by atoms with Gasteiger partial charge in [-0.2, -0.15) is 0 Å². The van der Waals surface area contributed by atoms with E-state index in [1.165, 1.54) is 4.90 Å². The summed E-state index contributed by atoms with van der Waals surface area (Å²) in [7, 11) is 0. The molecule has 220 valence electrons. The Bertz CT molecular complexity index is 1390. The molecule has 0 bridgehead atoms. The summed E-state index contributed by atoms with van der Waals surface area (Å²) in [6.45, 7) is 1.65. The molecule has 2 aliphatic rings. The number of hydrogen-bond donors (Lipinski definition) is 0. The Labute approximate surface area is 257 Å². The van der Waals surface area contributed by atoms with E-state index in [2.05, 4.69) is 0 Å². The van der Waals surface area contributed by atoms with Gasteiger partial charge < -0.3 is 14.2 Å². The number of carbonyl (C=O) groups is 2. The highest BCUT2D eigenvalue weighted by Gasteiger charge is 2.53. The molecule has 2 fully saturated rings. The second kappa shape index (κ2) is 13.6. The lowest BCUT2D eigenvalue weighted by Gasteiger charge is -2.42. The Morgan fingerprint density at radius 3 is 1.86 bits per heavy atom. The van der Waals surface area contributed by atoms with Gasteiger partial charge >= 0.3 is 0 Å². The quantitative estimate of drug-likeness (QED) is 0.135. The minimum atomic E-state index is -1.11. The van der Waals surface area contributed by atoms with Gasteiger partial charge in [-0.1, -0.05) is 115 Å². The summed E-state index contributed by atoms with van der Waals surface area (Å²) in [6.07, 6.45) is 3.45. The summed E-state index contributed by atoms with van der Waals surface area (Å²) < 4.78 is 17.2. The molecule has 6 nitrogen and oxygen atoms in total. The van der Waals surface area contributed by atoms with Gasteiger partial charge in [-0.3, -0.25) is 14.5 Å². The topological polar surface area (TPSA) is 65.1 Å². The highest BCUT2D eigenvalue weighted by molar-refractivity contribution is 8.15. The minimum absolute atomic E-state index is 0.132. The zero-order valence-electron chi connectivity index (χ0n) is 24.0. The molecule has 2 amide bonds. The number of nitrogens with zero attached hydrogens (tertiary/aromatic N) is 1. The third-order valence-electron chi connectivity index (χ3n) is 7.97. The summed E-state index contributed by atoms with van der Waals surface area (Å²) in [5.74, 6) is 0.533. The number of hydrogen-bond acceptors (Lipinski definition) is 6. The highest BCUT2D eigenvalue weighted by Crippen LogP contribution is 2.47. The molecule has 2 aliphatic heterocycles. The number of imide groups is 1. The van der Waals surface area contributed by atoms with Crippen molar-refractivity contribution in [2.75, 3.05) is 19.8 Å². The number of rotatable bonds is 11. The zero-order chi connectivity index (χ0) is 29.5. The van der Waals surface area contributed by atoms with Crippen LogP contribution in [0.15, 0.2) is 115 Å². The van der Waals surface area contributed by atoms with Gasteiger partial charge in [0.2, 0.25) is 5.91 Å². The second-order valence-corrected chi connectivity index (χ2v) is 11.9. The van der Waals surface area contributed by atoms with Crippen molar-refractivity contribution in [2.24, 2.45) is 0 Å². The van der Waals surface area contributed by atoms with E-state index in [1.54, 1.807) is 0 Å². The highest BCUT2D eigenvalue weighted by atomic mass is 32.2. The Kier molecular flexibility index (Phi) is 9.22. The summed E-state index contributed by atoms with van der Waals surface area (Å²) in [5, 5.41) is -0.799. The van der Waals surface area contributed by atoms with Crippen molar-refractivity contribution in [3.05, 3.63) is 138 Å². The van der Waals surface area contributed by atoms with Crippen molar-refractivity contribution in [3.8, 4) is 5.75 Å². The first-order valence-electron chi connectivity index (χ1n) is 14.8. The summed E-state index contributed by atoms with van der Waals surface area (Å²) >= 11 is 1.10. The van der Waals surface area contributed by atoms with Crippen LogP contribution in [0.4, 0.5) is 4.79 Å². The van der Waals surface area contributed by atoms with Gasteiger partial charge in [-0.05, 0) is 60.1 Å². The van der Waals surface area contributed by atoms with E-state index in [0.29, 0.717) is 19.6 Å². The average Bonchev–Trinajstić information content (AvgIpc) is 3.34. The molecule has 43 heavy (non-hydrogen) atoms. The first kappa shape index (κ1) is 29.2. The molecule has 4 aromatic rings. The lowest BCUT2D eigenvalue weighted by atomic mass is 9.75. The van der Waals surface area contributed by atoms with Crippen LogP contribution in [-0.4, -0.2) is 47.4 Å². The lowest BCUT2D eigenvalue weighted by Crippen LogP contribution is -2.51. The second-order valence-electron chi connectivity index (χ2n) is 10.7. The van der Waals surface area contributed by atoms with Crippen molar-refractivity contribution in [3.63, 3.8) is 0 Å². The van der Waals surface area contributed by atoms with Gasteiger partial charge in [0, 0.05) is 6.61 Å². The van der Waals surface area contributed by atoms with E-state index in [4.69, 9.17) is 14.2 Å². The van der Waals surface area contributed by atoms with E-state index in [9.17, 15) is 9.59 Å². The van der Waals surface area contributed by atoms with Crippen molar-refractivity contribution in [2.45, 2.75) is 42.8 Å². The van der Waals surface area contributed by atoms with Crippen LogP contribution in [0, 0.1) is 0 Å². The fraction of sp³-hybridized carbons (Fsp3) is 0.278. The van der Waals surface area contributed by atoms with Gasteiger partial charge in [-0.25, -0.2) is 0 Å². The first-order valence-corrected chi connectivity index (χ1v) is 15.7. The van der Waals surface area contributed by atoms with E-state index < -0.39 is 10.8 Å².